The highest BCUT2D eigenvalue weighted by atomic mass is 16.5. The van der Waals surface area contributed by atoms with Crippen molar-refractivity contribution >= 4 is 0 Å². The maximum absolute atomic E-state index is 6.38. The van der Waals surface area contributed by atoms with E-state index >= 15 is 0 Å². The maximum atomic E-state index is 6.38. The fraction of sp³-hybridized carbons (Fsp3) is 0.538. The van der Waals surface area contributed by atoms with Crippen LogP contribution in [0.1, 0.15) is 65.4 Å². The number of hydrogen-bond acceptors (Lipinski definition) is 2. The average molecular weight is 380 g/mol. The molecule has 0 heterocycles. The molecule has 0 radical (unpaired) electrons. The van der Waals surface area contributed by atoms with E-state index < -0.39 is 0 Å². The van der Waals surface area contributed by atoms with Crippen LogP contribution < -0.4 is 10.1 Å². The monoisotopic (exact) mass is 379 g/mol. The lowest BCUT2D eigenvalue weighted by Gasteiger charge is -2.37. The van der Waals surface area contributed by atoms with Crippen molar-refractivity contribution in [3.63, 3.8) is 0 Å². The van der Waals surface area contributed by atoms with Crippen LogP contribution in [0.2, 0.25) is 0 Å². The van der Waals surface area contributed by atoms with Gasteiger partial charge in [0.15, 0.2) is 0 Å². The van der Waals surface area contributed by atoms with Crippen LogP contribution >= 0.6 is 0 Å². The lowest BCUT2D eigenvalue weighted by atomic mass is 9.72. The summed E-state index contributed by atoms with van der Waals surface area (Å²) in [5.41, 5.74) is 4.25. The quantitative estimate of drug-likeness (QED) is 0.532. The SMILES string of the molecule is CCCNCc1cccc(-c2cccc(OC3CCC(C(C)(C)C)CC3)c2)c1. The molecule has 1 fully saturated rings. The molecule has 2 aromatic carbocycles. The summed E-state index contributed by atoms with van der Waals surface area (Å²) in [5.74, 6) is 1.83. The fourth-order valence-electron chi connectivity index (χ4n) is 4.26. The molecule has 2 nitrogen and oxygen atoms in total. The van der Waals surface area contributed by atoms with Gasteiger partial charge in [0, 0.05) is 6.54 Å². The smallest absolute Gasteiger partial charge is 0.120 e. The van der Waals surface area contributed by atoms with Gasteiger partial charge in [0.1, 0.15) is 5.75 Å². The largest absolute Gasteiger partial charge is 0.490 e. The molecule has 1 aliphatic rings. The van der Waals surface area contributed by atoms with Gasteiger partial charge in [0.05, 0.1) is 6.10 Å². The normalized spacial score (nSPS) is 20.1. The first-order chi connectivity index (χ1) is 13.5. The third kappa shape index (κ3) is 5.85. The second kappa shape index (κ2) is 9.60. The highest BCUT2D eigenvalue weighted by Gasteiger charge is 2.30. The Bertz CT molecular complexity index is 738. The molecule has 0 unspecified atom stereocenters. The Hall–Kier alpha value is -1.80. The van der Waals surface area contributed by atoms with Crippen LogP contribution in [0.15, 0.2) is 48.5 Å². The van der Waals surface area contributed by atoms with Crippen LogP contribution in [0.4, 0.5) is 0 Å². The minimum Gasteiger partial charge on any atom is -0.490 e. The fourth-order valence-corrected chi connectivity index (χ4v) is 4.26. The summed E-state index contributed by atoms with van der Waals surface area (Å²) in [6, 6.07) is 17.4. The Kier molecular flexibility index (Phi) is 7.18. The van der Waals surface area contributed by atoms with Crippen molar-refractivity contribution in [1.29, 1.82) is 0 Å². The predicted octanol–water partition coefficient (Wildman–Crippen LogP) is 6.84. The minimum absolute atomic E-state index is 0.360. The first-order valence-electron chi connectivity index (χ1n) is 11.0. The van der Waals surface area contributed by atoms with Crippen LogP contribution in [0.5, 0.6) is 5.75 Å². The molecule has 28 heavy (non-hydrogen) atoms. The topological polar surface area (TPSA) is 21.3 Å². The van der Waals surface area contributed by atoms with Gasteiger partial charge in [-0.3, -0.25) is 0 Å². The molecule has 1 N–H and O–H groups in total. The van der Waals surface area contributed by atoms with Crippen molar-refractivity contribution in [2.75, 3.05) is 6.54 Å². The molecular formula is C26H37NO. The van der Waals surface area contributed by atoms with Gasteiger partial charge in [-0.15, -0.1) is 0 Å². The lowest BCUT2D eigenvalue weighted by Crippen LogP contribution is -2.30. The molecule has 1 saturated carbocycles. The van der Waals surface area contributed by atoms with E-state index in [1.165, 1.54) is 42.4 Å². The van der Waals surface area contributed by atoms with Crippen molar-refractivity contribution < 1.29 is 4.74 Å². The van der Waals surface area contributed by atoms with Gasteiger partial charge >= 0.3 is 0 Å². The number of ether oxygens (including phenoxy) is 1. The average Bonchev–Trinajstić information content (AvgIpc) is 2.68. The molecule has 0 bridgehead atoms. The summed E-state index contributed by atoms with van der Waals surface area (Å²) in [5, 5.41) is 3.48. The maximum Gasteiger partial charge on any atom is 0.120 e. The number of hydrogen-bond donors (Lipinski definition) is 1. The summed E-state index contributed by atoms with van der Waals surface area (Å²) in [6.07, 6.45) is 6.42. The summed E-state index contributed by atoms with van der Waals surface area (Å²) in [4.78, 5) is 0. The summed E-state index contributed by atoms with van der Waals surface area (Å²) >= 11 is 0. The Balaban J connectivity index is 1.62. The van der Waals surface area contributed by atoms with Gasteiger partial charge in [0.25, 0.3) is 0 Å². The zero-order chi connectivity index (χ0) is 20.0. The van der Waals surface area contributed by atoms with Crippen molar-refractivity contribution in [2.24, 2.45) is 11.3 Å². The molecule has 2 aromatic rings. The van der Waals surface area contributed by atoms with E-state index in [1.54, 1.807) is 0 Å². The zero-order valence-electron chi connectivity index (χ0n) is 18.1. The van der Waals surface area contributed by atoms with Crippen LogP contribution in [0, 0.1) is 11.3 Å². The van der Waals surface area contributed by atoms with Crippen molar-refractivity contribution in [1.82, 2.24) is 5.32 Å². The molecular weight excluding hydrogens is 342 g/mol. The van der Waals surface area contributed by atoms with Crippen LogP contribution in [0.25, 0.3) is 11.1 Å². The molecule has 1 aliphatic carbocycles. The Morgan fingerprint density at radius 2 is 1.61 bits per heavy atom. The molecule has 3 rings (SSSR count). The van der Waals surface area contributed by atoms with Gasteiger partial charge < -0.3 is 10.1 Å². The molecule has 152 valence electrons. The third-order valence-electron chi connectivity index (χ3n) is 6.05. The van der Waals surface area contributed by atoms with Gasteiger partial charge in [-0.1, -0.05) is 58.0 Å². The molecule has 0 spiro atoms. The first kappa shape index (κ1) is 20.9. The van der Waals surface area contributed by atoms with E-state index in [2.05, 4.69) is 81.5 Å². The number of benzene rings is 2. The Morgan fingerprint density at radius 3 is 2.29 bits per heavy atom. The Morgan fingerprint density at radius 1 is 0.929 bits per heavy atom. The van der Waals surface area contributed by atoms with Crippen molar-refractivity contribution in [2.45, 2.75) is 72.4 Å². The van der Waals surface area contributed by atoms with Gasteiger partial charge in [-0.05, 0) is 84.9 Å². The predicted molar refractivity (Wildman–Crippen MR) is 120 cm³/mol. The van der Waals surface area contributed by atoms with E-state index in [9.17, 15) is 0 Å². The van der Waals surface area contributed by atoms with E-state index in [0.29, 0.717) is 11.5 Å². The van der Waals surface area contributed by atoms with Gasteiger partial charge in [0.2, 0.25) is 0 Å². The second-order valence-corrected chi connectivity index (χ2v) is 9.36. The molecule has 0 saturated heterocycles. The van der Waals surface area contributed by atoms with Crippen molar-refractivity contribution in [3.05, 3.63) is 54.1 Å². The minimum atomic E-state index is 0.360. The highest BCUT2D eigenvalue weighted by Crippen LogP contribution is 2.39. The van der Waals surface area contributed by atoms with E-state index in [0.717, 1.165) is 31.2 Å². The second-order valence-electron chi connectivity index (χ2n) is 9.36. The highest BCUT2D eigenvalue weighted by molar-refractivity contribution is 5.65. The molecule has 2 heteroatoms. The van der Waals surface area contributed by atoms with Crippen molar-refractivity contribution in [3.8, 4) is 16.9 Å². The third-order valence-corrected chi connectivity index (χ3v) is 6.05. The first-order valence-corrected chi connectivity index (χ1v) is 11.0. The van der Waals surface area contributed by atoms with E-state index in [4.69, 9.17) is 4.74 Å². The van der Waals surface area contributed by atoms with E-state index in [1.807, 2.05) is 0 Å². The number of rotatable bonds is 7. The Labute approximate surface area is 171 Å². The van der Waals surface area contributed by atoms with Gasteiger partial charge in [-0.2, -0.15) is 0 Å². The summed E-state index contributed by atoms with van der Waals surface area (Å²) in [6.45, 7) is 11.3. The van der Waals surface area contributed by atoms with Crippen LogP contribution in [-0.2, 0) is 6.54 Å². The lowest BCUT2D eigenvalue weighted by molar-refractivity contribution is 0.0882. The standard InChI is InChI=1S/C26H37NO/c1-5-16-27-19-20-8-6-9-21(17-20)22-10-7-11-25(18-22)28-24-14-12-23(13-15-24)26(2,3)4/h6-11,17-18,23-24,27H,5,12-16,19H2,1-4H3. The zero-order valence-corrected chi connectivity index (χ0v) is 18.1. The summed E-state index contributed by atoms with van der Waals surface area (Å²) < 4.78 is 6.38. The van der Waals surface area contributed by atoms with Gasteiger partial charge in [-0.25, -0.2) is 0 Å². The van der Waals surface area contributed by atoms with E-state index in [-0.39, 0.29) is 0 Å². The molecule has 0 atom stereocenters. The van der Waals surface area contributed by atoms with Crippen LogP contribution in [0.3, 0.4) is 0 Å². The number of nitrogens with one attached hydrogen (secondary N) is 1. The van der Waals surface area contributed by atoms with Crippen LogP contribution in [-0.4, -0.2) is 12.6 Å². The molecule has 0 aliphatic heterocycles. The molecule has 0 aromatic heterocycles. The molecule has 0 amide bonds. The summed E-state index contributed by atoms with van der Waals surface area (Å²) in [7, 11) is 0.